The van der Waals surface area contributed by atoms with Gasteiger partial charge in [-0.3, -0.25) is 9.48 Å². The third kappa shape index (κ3) is 3.34. The van der Waals surface area contributed by atoms with Crippen LogP contribution >= 0.6 is 0 Å². The number of nitrogens with zero attached hydrogens (tertiary/aromatic N) is 6. The van der Waals surface area contributed by atoms with Crippen LogP contribution in [0.3, 0.4) is 0 Å². The number of primary amides is 1. The van der Waals surface area contributed by atoms with Crippen LogP contribution in [0.25, 0.3) is 22.4 Å². The highest BCUT2D eigenvalue weighted by Gasteiger charge is 2.14. The Morgan fingerprint density at radius 2 is 1.93 bits per heavy atom. The summed E-state index contributed by atoms with van der Waals surface area (Å²) in [6, 6.07) is 11.6. The van der Waals surface area contributed by atoms with E-state index in [4.69, 9.17) is 11.5 Å². The smallest absolute Gasteiger partial charge is 0.244 e. The maximum atomic E-state index is 11.3. The van der Waals surface area contributed by atoms with Gasteiger partial charge in [0.05, 0.1) is 30.7 Å². The molecule has 10 heteroatoms. The van der Waals surface area contributed by atoms with E-state index in [1.807, 2.05) is 41.1 Å². The molecule has 0 saturated carbocycles. The van der Waals surface area contributed by atoms with Crippen molar-refractivity contribution in [3.8, 4) is 17.1 Å². The van der Waals surface area contributed by atoms with Crippen LogP contribution in [0.2, 0.25) is 0 Å². The van der Waals surface area contributed by atoms with E-state index in [2.05, 4.69) is 20.1 Å². The van der Waals surface area contributed by atoms with Crippen molar-refractivity contribution in [2.75, 3.05) is 5.73 Å². The number of aryl methyl sites for hydroxylation is 2. The first kappa shape index (κ1) is 17.5. The minimum Gasteiger partial charge on any atom is -0.492 e. The van der Waals surface area contributed by atoms with Crippen molar-refractivity contribution < 1.29 is 9.90 Å². The summed E-state index contributed by atoms with van der Waals surface area (Å²) < 4.78 is 3.57. The van der Waals surface area contributed by atoms with E-state index < -0.39 is 5.91 Å². The molecule has 0 aliphatic rings. The number of carbonyl (C=O) groups excluding carboxylic acids is 1. The van der Waals surface area contributed by atoms with Gasteiger partial charge >= 0.3 is 0 Å². The highest BCUT2D eigenvalue weighted by Crippen LogP contribution is 2.23. The zero-order valence-corrected chi connectivity index (χ0v) is 14.9. The lowest BCUT2D eigenvalue weighted by atomic mass is 10.1. The molecule has 5 N–H and O–H groups in total. The van der Waals surface area contributed by atoms with Crippen LogP contribution in [-0.4, -0.2) is 40.3 Å². The quantitative estimate of drug-likeness (QED) is 0.447. The molecule has 0 unspecified atom stereocenters. The van der Waals surface area contributed by atoms with Crippen molar-refractivity contribution in [2.24, 2.45) is 5.73 Å². The molecular formula is C18H18N8O2. The first-order valence-corrected chi connectivity index (χ1v) is 8.59. The SMILES string of the molecule is NC(=O)Cc1cc(-c2ccccc2)n(CCn2cnc3c(O)nc(N)nc32)n1. The van der Waals surface area contributed by atoms with E-state index in [0.29, 0.717) is 24.4 Å². The lowest BCUT2D eigenvalue weighted by Gasteiger charge is -2.09. The van der Waals surface area contributed by atoms with E-state index in [1.54, 1.807) is 10.9 Å². The maximum Gasteiger partial charge on any atom is 0.244 e. The van der Waals surface area contributed by atoms with Gasteiger partial charge in [0, 0.05) is 6.54 Å². The highest BCUT2D eigenvalue weighted by atomic mass is 16.3. The van der Waals surface area contributed by atoms with Crippen molar-refractivity contribution >= 4 is 23.0 Å². The van der Waals surface area contributed by atoms with E-state index >= 15 is 0 Å². The van der Waals surface area contributed by atoms with E-state index in [0.717, 1.165) is 11.3 Å². The Labute approximate surface area is 159 Å². The fraction of sp³-hybridized carbons (Fsp3) is 0.167. The predicted molar refractivity (Wildman–Crippen MR) is 102 cm³/mol. The van der Waals surface area contributed by atoms with Gasteiger partial charge in [-0.2, -0.15) is 15.1 Å². The molecule has 142 valence electrons. The molecule has 0 bridgehead atoms. The van der Waals surface area contributed by atoms with Crippen LogP contribution in [-0.2, 0) is 24.3 Å². The standard InChI is InChI=1S/C18H18N8O2/c19-14(27)9-12-8-13(11-4-2-1-3-5-11)26(24-12)7-6-25-10-21-15-16(25)22-18(20)23-17(15)28/h1-5,8,10H,6-7,9H2,(H2,19,27)(H3,20,22,23,28). The summed E-state index contributed by atoms with van der Waals surface area (Å²) in [5, 5.41) is 14.4. The third-order valence-electron chi connectivity index (χ3n) is 4.27. The van der Waals surface area contributed by atoms with Crippen molar-refractivity contribution in [1.29, 1.82) is 0 Å². The Morgan fingerprint density at radius 3 is 2.68 bits per heavy atom. The van der Waals surface area contributed by atoms with Gasteiger partial charge < -0.3 is 21.1 Å². The topological polar surface area (TPSA) is 151 Å². The van der Waals surface area contributed by atoms with Gasteiger partial charge in [0.25, 0.3) is 0 Å². The molecule has 3 aromatic heterocycles. The summed E-state index contributed by atoms with van der Waals surface area (Å²) in [7, 11) is 0. The van der Waals surface area contributed by atoms with Crippen LogP contribution < -0.4 is 11.5 Å². The molecule has 0 aliphatic heterocycles. The molecule has 0 radical (unpaired) electrons. The molecule has 1 amide bonds. The fourth-order valence-electron chi connectivity index (χ4n) is 3.06. The molecular weight excluding hydrogens is 360 g/mol. The summed E-state index contributed by atoms with van der Waals surface area (Å²) in [6.45, 7) is 0.961. The van der Waals surface area contributed by atoms with Gasteiger partial charge in [-0.05, 0) is 11.6 Å². The highest BCUT2D eigenvalue weighted by molar-refractivity contribution is 5.77. The van der Waals surface area contributed by atoms with Gasteiger partial charge in [0.15, 0.2) is 11.2 Å². The second-order valence-electron chi connectivity index (χ2n) is 6.27. The van der Waals surface area contributed by atoms with E-state index in [1.165, 1.54) is 0 Å². The number of imidazole rings is 1. The molecule has 3 heterocycles. The number of benzene rings is 1. The van der Waals surface area contributed by atoms with Crippen molar-refractivity contribution in [3.63, 3.8) is 0 Å². The number of aromatic nitrogens is 6. The average Bonchev–Trinajstić information content (AvgIpc) is 3.24. The molecule has 4 rings (SSSR count). The van der Waals surface area contributed by atoms with Crippen molar-refractivity contribution in [1.82, 2.24) is 29.3 Å². The lowest BCUT2D eigenvalue weighted by Crippen LogP contribution is -2.15. The Kier molecular flexibility index (Phi) is 4.36. The number of carbonyl (C=O) groups is 1. The summed E-state index contributed by atoms with van der Waals surface area (Å²) in [4.78, 5) is 23.3. The molecule has 10 nitrogen and oxygen atoms in total. The summed E-state index contributed by atoms with van der Waals surface area (Å²) in [5.41, 5.74) is 14.1. The Balaban J connectivity index is 1.66. The van der Waals surface area contributed by atoms with Crippen LogP contribution in [0.4, 0.5) is 5.95 Å². The summed E-state index contributed by atoms with van der Waals surface area (Å²) in [6.07, 6.45) is 1.63. The number of anilines is 1. The molecule has 0 atom stereocenters. The minimum atomic E-state index is -0.437. The molecule has 4 aromatic rings. The fourth-order valence-corrected chi connectivity index (χ4v) is 3.06. The first-order chi connectivity index (χ1) is 13.5. The lowest BCUT2D eigenvalue weighted by molar-refractivity contribution is -0.117. The van der Waals surface area contributed by atoms with E-state index in [9.17, 15) is 9.90 Å². The summed E-state index contributed by atoms with van der Waals surface area (Å²) >= 11 is 0. The minimum absolute atomic E-state index is 0.0282. The number of hydrogen-bond donors (Lipinski definition) is 3. The average molecular weight is 378 g/mol. The molecule has 0 aliphatic carbocycles. The van der Waals surface area contributed by atoms with Crippen LogP contribution in [0, 0.1) is 0 Å². The number of rotatable bonds is 6. The number of fused-ring (bicyclic) bond motifs is 1. The molecule has 0 spiro atoms. The van der Waals surface area contributed by atoms with Gasteiger partial charge in [-0.1, -0.05) is 30.3 Å². The second-order valence-corrected chi connectivity index (χ2v) is 6.27. The number of nitrogen functional groups attached to an aromatic ring is 1. The normalized spacial score (nSPS) is 11.1. The largest absolute Gasteiger partial charge is 0.492 e. The number of aromatic hydroxyl groups is 1. The maximum absolute atomic E-state index is 11.3. The van der Waals surface area contributed by atoms with Crippen molar-refractivity contribution in [2.45, 2.75) is 19.5 Å². The summed E-state index contributed by atoms with van der Waals surface area (Å²) in [5.74, 6) is -0.721. The molecule has 28 heavy (non-hydrogen) atoms. The first-order valence-electron chi connectivity index (χ1n) is 8.59. The number of hydrogen-bond acceptors (Lipinski definition) is 7. The van der Waals surface area contributed by atoms with Crippen LogP contribution in [0.1, 0.15) is 5.69 Å². The number of amides is 1. The molecule has 0 fully saturated rings. The Hall–Kier alpha value is -3.95. The van der Waals surface area contributed by atoms with Gasteiger partial charge in [0.1, 0.15) is 0 Å². The number of nitrogens with two attached hydrogens (primary N) is 2. The van der Waals surface area contributed by atoms with E-state index in [-0.39, 0.29) is 23.8 Å². The monoisotopic (exact) mass is 378 g/mol. The van der Waals surface area contributed by atoms with Gasteiger partial charge in [0.2, 0.25) is 17.7 Å². The second kappa shape index (κ2) is 6.99. The zero-order valence-electron chi connectivity index (χ0n) is 14.9. The molecule has 1 aromatic carbocycles. The van der Waals surface area contributed by atoms with Gasteiger partial charge in [-0.15, -0.1) is 0 Å². The van der Waals surface area contributed by atoms with Gasteiger partial charge in [-0.25, -0.2) is 4.98 Å². The molecule has 0 saturated heterocycles. The van der Waals surface area contributed by atoms with Crippen LogP contribution in [0.15, 0.2) is 42.7 Å². The van der Waals surface area contributed by atoms with Crippen LogP contribution in [0.5, 0.6) is 5.88 Å². The predicted octanol–water partition coefficient (Wildman–Crippen LogP) is 0.706. The Bertz CT molecular complexity index is 1150. The third-order valence-corrected chi connectivity index (χ3v) is 4.27. The van der Waals surface area contributed by atoms with Crippen molar-refractivity contribution in [3.05, 3.63) is 48.4 Å². The zero-order chi connectivity index (χ0) is 19.7. The Morgan fingerprint density at radius 1 is 1.14 bits per heavy atom.